The number of rotatable bonds is 6. The van der Waals surface area contributed by atoms with Crippen molar-refractivity contribution >= 4 is 29.0 Å². The van der Waals surface area contributed by atoms with E-state index in [4.69, 9.17) is 9.47 Å². The van der Waals surface area contributed by atoms with Crippen LogP contribution in [0.25, 0.3) is 5.76 Å². The lowest BCUT2D eigenvalue weighted by Crippen LogP contribution is -2.52. The van der Waals surface area contributed by atoms with Crippen LogP contribution in [0.3, 0.4) is 0 Å². The third kappa shape index (κ3) is 3.20. The molecule has 2 aromatic rings. The highest BCUT2D eigenvalue weighted by Gasteiger charge is 2.66. The van der Waals surface area contributed by atoms with Crippen LogP contribution in [0.2, 0.25) is 0 Å². The van der Waals surface area contributed by atoms with Gasteiger partial charge < -0.3 is 24.4 Å². The van der Waals surface area contributed by atoms with E-state index >= 15 is 0 Å². The van der Waals surface area contributed by atoms with Crippen molar-refractivity contribution in [3.63, 3.8) is 0 Å². The lowest BCUT2D eigenvalue weighted by atomic mass is 9.81. The van der Waals surface area contributed by atoms with Crippen LogP contribution >= 0.6 is 0 Å². The summed E-state index contributed by atoms with van der Waals surface area (Å²) >= 11 is 0. The van der Waals surface area contributed by atoms with Gasteiger partial charge >= 0.3 is 0 Å². The molecule has 0 radical (unpaired) electrons. The molecule has 35 heavy (non-hydrogen) atoms. The highest BCUT2D eigenvalue weighted by Crippen LogP contribution is 2.53. The minimum atomic E-state index is -1.73. The van der Waals surface area contributed by atoms with Crippen LogP contribution in [-0.4, -0.2) is 60.5 Å². The number of anilines is 1. The number of Topliss-reactive ketones (excluding diaryl/α,β-unsaturated/α-hetero) is 1. The molecule has 0 unspecified atom stereocenters. The molecule has 2 atom stereocenters. The summed E-state index contributed by atoms with van der Waals surface area (Å²) < 4.78 is 10.9. The number of methoxy groups -OCH3 is 1. The predicted molar refractivity (Wildman–Crippen MR) is 129 cm³/mol. The second kappa shape index (κ2) is 8.53. The quantitative estimate of drug-likeness (QED) is 0.298. The van der Waals surface area contributed by atoms with E-state index in [0.29, 0.717) is 42.8 Å². The lowest BCUT2D eigenvalue weighted by Gasteiger charge is -2.34. The van der Waals surface area contributed by atoms with Crippen LogP contribution in [-0.2, 0) is 31.1 Å². The summed E-state index contributed by atoms with van der Waals surface area (Å²) in [5, 5.41) is 11.6. The molecular weight excluding hydrogens is 448 g/mol. The number of benzene rings is 2. The van der Waals surface area contributed by atoms with Crippen molar-refractivity contribution < 1.29 is 29.0 Å². The molecule has 1 fully saturated rings. The number of hydrogen-bond donors (Lipinski definition) is 1. The van der Waals surface area contributed by atoms with Crippen LogP contribution in [0.4, 0.5) is 5.69 Å². The Balaban J connectivity index is 1.76. The first-order valence-corrected chi connectivity index (χ1v) is 11.9. The standard InChI is InChI=1S/C27H28N2O6/c1-4-28-20-9-6-5-8-19(20)27(26(28)33)22(24(31)25(32)29(27)12-7-13-34-3)23(30)17-10-11-21-18(15-17)14-16(2)35-21/h5-6,8-11,15-16,30H,4,7,12-14H2,1-3H3/t16-,27-/m0/s1. The summed E-state index contributed by atoms with van der Waals surface area (Å²) in [5.41, 5.74) is 0.486. The Morgan fingerprint density at radius 3 is 2.71 bits per heavy atom. The van der Waals surface area contributed by atoms with Crippen molar-refractivity contribution in [1.29, 1.82) is 0 Å². The number of carbonyl (C=O) groups is 3. The molecular formula is C27H28N2O6. The predicted octanol–water partition coefficient (Wildman–Crippen LogP) is 2.99. The highest BCUT2D eigenvalue weighted by atomic mass is 16.5. The van der Waals surface area contributed by atoms with Gasteiger partial charge in [-0.05, 0) is 50.1 Å². The van der Waals surface area contributed by atoms with Crippen LogP contribution in [0.15, 0.2) is 48.0 Å². The number of likely N-dealkylation sites (tertiary alicyclic amines) is 1. The summed E-state index contributed by atoms with van der Waals surface area (Å²) in [6.45, 7) is 4.63. The fraction of sp³-hybridized carbons (Fsp3) is 0.370. The number of carbonyl (C=O) groups excluding carboxylic acids is 3. The van der Waals surface area contributed by atoms with Gasteiger partial charge in [-0.25, -0.2) is 0 Å². The van der Waals surface area contributed by atoms with E-state index < -0.39 is 23.1 Å². The van der Waals surface area contributed by atoms with E-state index in [-0.39, 0.29) is 24.0 Å². The van der Waals surface area contributed by atoms with Crippen molar-refractivity contribution in [2.75, 3.05) is 31.7 Å². The zero-order chi connectivity index (χ0) is 24.9. The van der Waals surface area contributed by atoms with Gasteiger partial charge in [0.15, 0.2) is 5.54 Å². The summed E-state index contributed by atoms with van der Waals surface area (Å²) in [6, 6.07) is 12.3. The van der Waals surface area contributed by atoms with Gasteiger partial charge in [0.2, 0.25) is 0 Å². The van der Waals surface area contributed by atoms with E-state index in [1.165, 1.54) is 4.90 Å². The topological polar surface area (TPSA) is 96.4 Å². The monoisotopic (exact) mass is 476 g/mol. The van der Waals surface area contributed by atoms with E-state index in [1.807, 2.05) is 19.9 Å². The zero-order valence-electron chi connectivity index (χ0n) is 20.0. The van der Waals surface area contributed by atoms with E-state index in [0.717, 1.165) is 11.3 Å². The van der Waals surface area contributed by atoms with Crippen LogP contribution in [0, 0.1) is 0 Å². The van der Waals surface area contributed by atoms with Gasteiger partial charge in [0.1, 0.15) is 17.6 Å². The Morgan fingerprint density at radius 2 is 1.97 bits per heavy atom. The summed E-state index contributed by atoms with van der Waals surface area (Å²) in [5.74, 6) is -1.73. The van der Waals surface area contributed by atoms with Gasteiger partial charge in [-0.1, -0.05) is 18.2 Å². The first-order chi connectivity index (χ1) is 16.9. The lowest BCUT2D eigenvalue weighted by molar-refractivity contribution is -0.143. The fourth-order valence-corrected chi connectivity index (χ4v) is 5.56. The van der Waals surface area contributed by atoms with Crippen molar-refractivity contribution in [3.05, 3.63) is 64.7 Å². The maximum atomic E-state index is 14.1. The average molecular weight is 477 g/mol. The molecule has 1 N–H and O–H groups in total. The molecule has 0 saturated carbocycles. The number of ether oxygens (including phenoxy) is 2. The van der Waals surface area contributed by atoms with Gasteiger partial charge in [-0.15, -0.1) is 0 Å². The number of ketones is 1. The van der Waals surface area contributed by atoms with Gasteiger partial charge in [-0.2, -0.15) is 0 Å². The first kappa shape index (κ1) is 23.1. The Labute approximate surface area is 203 Å². The molecule has 2 amide bonds. The molecule has 0 bridgehead atoms. The number of amides is 2. The molecule has 8 heteroatoms. The Morgan fingerprint density at radius 1 is 1.20 bits per heavy atom. The molecule has 3 heterocycles. The second-order valence-corrected chi connectivity index (χ2v) is 9.09. The summed E-state index contributed by atoms with van der Waals surface area (Å²) in [6.07, 6.45) is 1.10. The zero-order valence-corrected chi connectivity index (χ0v) is 20.0. The third-order valence-corrected chi connectivity index (χ3v) is 7.03. The SMILES string of the molecule is CCN1C(=O)[C@@]2(C(=C(O)c3ccc4c(c3)C[C@H](C)O4)C(=O)C(=O)N2CCCOC)c2ccccc21. The van der Waals surface area contributed by atoms with Gasteiger partial charge in [0.05, 0.1) is 11.3 Å². The van der Waals surface area contributed by atoms with E-state index in [9.17, 15) is 19.5 Å². The molecule has 1 saturated heterocycles. The number of aliphatic hydroxyl groups excluding tert-OH is 1. The van der Waals surface area contributed by atoms with Crippen molar-refractivity contribution in [1.82, 2.24) is 4.90 Å². The number of aliphatic hydroxyl groups is 1. The third-order valence-electron chi connectivity index (χ3n) is 7.03. The van der Waals surface area contributed by atoms with Crippen molar-refractivity contribution in [3.8, 4) is 5.75 Å². The molecule has 182 valence electrons. The van der Waals surface area contributed by atoms with Crippen LogP contribution < -0.4 is 9.64 Å². The number of hydrogen-bond acceptors (Lipinski definition) is 6. The highest BCUT2D eigenvalue weighted by molar-refractivity contribution is 6.50. The number of likely N-dealkylation sites (N-methyl/N-ethyl adjacent to an activating group) is 1. The largest absolute Gasteiger partial charge is 0.507 e. The molecule has 8 nitrogen and oxygen atoms in total. The Kier molecular flexibility index (Phi) is 5.63. The van der Waals surface area contributed by atoms with E-state index in [1.54, 1.807) is 48.4 Å². The Bertz CT molecular complexity index is 1270. The normalized spacial score (nSPS) is 24.3. The summed E-state index contributed by atoms with van der Waals surface area (Å²) in [4.78, 5) is 43.9. The number of nitrogens with zero attached hydrogens (tertiary/aromatic N) is 2. The Hall–Kier alpha value is -3.65. The number of fused-ring (bicyclic) bond motifs is 3. The smallest absolute Gasteiger partial charge is 0.296 e. The average Bonchev–Trinajstić information content (AvgIpc) is 3.42. The number of para-hydroxylation sites is 1. The molecule has 1 spiro atoms. The molecule has 3 aliphatic heterocycles. The second-order valence-electron chi connectivity index (χ2n) is 9.09. The van der Waals surface area contributed by atoms with Crippen LogP contribution in [0.5, 0.6) is 5.75 Å². The van der Waals surface area contributed by atoms with E-state index in [2.05, 4.69) is 0 Å². The van der Waals surface area contributed by atoms with Gasteiger partial charge in [0.25, 0.3) is 17.6 Å². The van der Waals surface area contributed by atoms with Gasteiger partial charge in [-0.3, -0.25) is 14.4 Å². The van der Waals surface area contributed by atoms with Crippen molar-refractivity contribution in [2.24, 2.45) is 0 Å². The molecule has 5 rings (SSSR count). The molecule has 0 aliphatic carbocycles. The maximum Gasteiger partial charge on any atom is 0.296 e. The molecule has 2 aromatic carbocycles. The summed E-state index contributed by atoms with van der Waals surface area (Å²) in [7, 11) is 1.55. The van der Waals surface area contributed by atoms with Crippen molar-refractivity contribution in [2.45, 2.75) is 38.3 Å². The molecule has 0 aromatic heterocycles. The minimum Gasteiger partial charge on any atom is -0.507 e. The van der Waals surface area contributed by atoms with Gasteiger partial charge in [0, 0.05) is 44.4 Å². The first-order valence-electron chi connectivity index (χ1n) is 11.9. The minimum absolute atomic E-state index is 0.00811. The maximum absolute atomic E-state index is 14.1. The molecule has 3 aliphatic rings. The van der Waals surface area contributed by atoms with Crippen LogP contribution in [0.1, 0.15) is 37.0 Å². The fourth-order valence-electron chi connectivity index (χ4n) is 5.56.